The van der Waals surface area contributed by atoms with Gasteiger partial charge in [-0.25, -0.2) is 0 Å². The van der Waals surface area contributed by atoms with Crippen molar-refractivity contribution in [3.05, 3.63) is 54.7 Å². The average Bonchev–Trinajstić information content (AvgIpc) is 2.61. The number of hydrogen-bond donors (Lipinski definition) is 0. The van der Waals surface area contributed by atoms with Gasteiger partial charge in [0.25, 0.3) is 0 Å². The first-order chi connectivity index (χ1) is 6.95. The fourth-order valence-electron chi connectivity index (χ4n) is 1.84. The minimum Gasteiger partial charge on any atom is -0.256 e. The van der Waals surface area contributed by atoms with Crippen molar-refractivity contribution in [2.45, 2.75) is 0 Å². The summed E-state index contributed by atoms with van der Waals surface area (Å²) in [6.45, 7) is 0. The van der Waals surface area contributed by atoms with E-state index in [0.717, 1.165) is 5.69 Å². The molecule has 2 aliphatic rings. The molecular formula is C13H9N. The van der Waals surface area contributed by atoms with E-state index in [1.54, 1.807) is 0 Å². The third kappa shape index (κ3) is 0.990. The predicted octanol–water partition coefficient (Wildman–Crippen LogP) is 3.34. The molecule has 0 saturated heterocycles. The number of benzene rings is 1. The lowest BCUT2D eigenvalue weighted by Gasteiger charge is -1.95. The smallest absolute Gasteiger partial charge is 0.0708 e. The lowest BCUT2D eigenvalue weighted by atomic mass is 10.1. The second-order valence-corrected chi connectivity index (χ2v) is 3.36. The molecule has 1 heteroatoms. The van der Waals surface area contributed by atoms with Crippen LogP contribution in [0.2, 0.25) is 0 Å². The van der Waals surface area contributed by atoms with Gasteiger partial charge >= 0.3 is 0 Å². The standard InChI is InChI=1S/C13H9N/c1-2-6-11-10(4-1)5-3-7-13-12(11)8-9-14-13/h1-9H. The first kappa shape index (κ1) is 7.51. The number of rotatable bonds is 0. The van der Waals surface area contributed by atoms with Crippen LogP contribution in [-0.2, 0) is 0 Å². The molecule has 1 nitrogen and oxygen atoms in total. The normalized spacial score (nSPS) is 10.9. The quantitative estimate of drug-likeness (QED) is 0.515. The second kappa shape index (κ2) is 2.81. The van der Waals surface area contributed by atoms with E-state index in [1.807, 2.05) is 6.20 Å². The van der Waals surface area contributed by atoms with E-state index >= 15 is 0 Å². The molecular weight excluding hydrogens is 170 g/mol. The van der Waals surface area contributed by atoms with Gasteiger partial charge in [0.1, 0.15) is 0 Å². The Hall–Kier alpha value is -1.89. The van der Waals surface area contributed by atoms with Crippen LogP contribution in [0.4, 0.5) is 0 Å². The van der Waals surface area contributed by atoms with Crippen LogP contribution in [0.15, 0.2) is 54.7 Å². The maximum absolute atomic E-state index is 4.31. The Morgan fingerprint density at radius 2 is 1.64 bits per heavy atom. The molecule has 0 spiro atoms. The third-order valence-corrected chi connectivity index (χ3v) is 2.51. The number of fused-ring (bicyclic) bond motifs is 3. The fourth-order valence-corrected chi connectivity index (χ4v) is 1.84. The van der Waals surface area contributed by atoms with Crippen LogP contribution < -0.4 is 0 Å². The van der Waals surface area contributed by atoms with Crippen molar-refractivity contribution < 1.29 is 0 Å². The van der Waals surface area contributed by atoms with Gasteiger partial charge in [0.05, 0.1) is 5.69 Å². The van der Waals surface area contributed by atoms with E-state index in [1.165, 1.54) is 16.3 Å². The lowest BCUT2D eigenvalue weighted by molar-refractivity contribution is 1.42. The van der Waals surface area contributed by atoms with Crippen molar-refractivity contribution in [2.75, 3.05) is 0 Å². The van der Waals surface area contributed by atoms with E-state index < -0.39 is 0 Å². The Balaban J connectivity index is 2.56. The van der Waals surface area contributed by atoms with Crippen LogP contribution in [0.5, 0.6) is 0 Å². The monoisotopic (exact) mass is 179 g/mol. The van der Waals surface area contributed by atoms with Gasteiger partial charge in [0, 0.05) is 11.8 Å². The molecule has 0 saturated carbocycles. The van der Waals surface area contributed by atoms with Crippen LogP contribution in [0.1, 0.15) is 0 Å². The maximum Gasteiger partial charge on any atom is 0.0708 e. The van der Waals surface area contributed by atoms with Crippen molar-refractivity contribution in [1.82, 2.24) is 4.98 Å². The lowest BCUT2D eigenvalue weighted by Crippen LogP contribution is -1.71. The van der Waals surface area contributed by atoms with Crippen molar-refractivity contribution in [1.29, 1.82) is 0 Å². The number of aromatic nitrogens is 1. The van der Waals surface area contributed by atoms with Crippen LogP contribution in [0, 0.1) is 0 Å². The first-order valence-corrected chi connectivity index (χ1v) is 4.68. The average molecular weight is 179 g/mol. The van der Waals surface area contributed by atoms with Crippen molar-refractivity contribution in [3.8, 4) is 11.3 Å². The van der Waals surface area contributed by atoms with Gasteiger partial charge in [0.2, 0.25) is 0 Å². The van der Waals surface area contributed by atoms with Gasteiger partial charge in [-0.15, -0.1) is 0 Å². The Morgan fingerprint density at radius 3 is 2.64 bits per heavy atom. The number of nitrogens with zero attached hydrogens (tertiary/aromatic N) is 1. The molecule has 1 aliphatic carbocycles. The minimum absolute atomic E-state index is 1.06. The van der Waals surface area contributed by atoms with Gasteiger partial charge in [-0.1, -0.05) is 36.4 Å². The molecule has 1 aliphatic heterocycles. The molecule has 0 amide bonds. The van der Waals surface area contributed by atoms with Crippen LogP contribution in [-0.4, -0.2) is 4.98 Å². The zero-order valence-electron chi connectivity index (χ0n) is 7.64. The topological polar surface area (TPSA) is 12.9 Å². The molecule has 0 fully saturated rings. The van der Waals surface area contributed by atoms with E-state index in [9.17, 15) is 0 Å². The van der Waals surface area contributed by atoms with Crippen molar-refractivity contribution in [2.24, 2.45) is 0 Å². The second-order valence-electron chi connectivity index (χ2n) is 3.36. The maximum atomic E-state index is 4.31. The summed E-state index contributed by atoms with van der Waals surface area (Å²) in [5, 5.41) is 2.53. The first-order valence-electron chi connectivity index (χ1n) is 4.68. The van der Waals surface area contributed by atoms with Gasteiger partial charge < -0.3 is 0 Å². The molecule has 3 rings (SSSR count). The largest absolute Gasteiger partial charge is 0.256 e. The van der Waals surface area contributed by atoms with E-state index in [2.05, 4.69) is 53.5 Å². The van der Waals surface area contributed by atoms with Gasteiger partial charge in [-0.2, -0.15) is 0 Å². The Kier molecular flexibility index (Phi) is 1.51. The summed E-state index contributed by atoms with van der Waals surface area (Å²) in [4.78, 5) is 4.31. The summed E-state index contributed by atoms with van der Waals surface area (Å²) in [6.07, 6.45) is 1.86. The summed E-state index contributed by atoms with van der Waals surface area (Å²) in [5.41, 5.74) is 2.29. The molecule has 0 unspecified atom stereocenters. The van der Waals surface area contributed by atoms with E-state index in [0.29, 0.717) is 0 Å². The molecule has 0 aromatic heterocycles. The molecule has 0 radical (unpaired) electrons. The molecule has 1 aromatic carbocycles. The predicted molar refractivity (Wildman–Crippen MR) is 58.4 cm³/mol. The van der Waals surface area contributed by atoms with Gasteiger partial charge in [-0.3, -0.25) is 4.98 Å². The van der Waals surface area contributed by atoms with Gasteiger partial charge in [-0.05, 0) is 22.9 Å². The Labute approximate surface area is 82.4 Å². The number of hydrogen-bond acceptors (Lipinski definition) is 1. The van der Waals surface area contributed by atoms with Crippen LogP contribution >= 0.6 is 0 Å². The minimum atomic E-state index is 1.06. The van der Waals surface area contributed by atoms with Crippen molar-refractivity contribution >= 4 is 10.8 Å². The summed E-state index contributed by atoms with van der Waals surface area (Å²) in [6, 6.07) is 16.7. The van der Waals surface area contributed by atoms with E-state index in [-0.39, 0.29) is 0 Å². The molecule has 66 valence electrons. The highest BCUT2D eigenvalue weighted by atomic mass is 14.7. The zero-order chi connectivity index (χ0) is 9.38. The summed E-state index contributed by atoms with van der Waals surface area (Å²) in [7, 11) is 0. The highest BCUT2D eigenvalue weighted by Crippen LogP contribution is 2.27. The molecule has 0 N–H and O–H groups in total. The summed E-state index contributed by atoms with van der Waals surface area (Å²) >= 11 is 0. The molecule has 0 atom stereocenters. The van der Waals surface area contributed by atoms with Crippen LogP contribution in [0.3, 0.4) is 0 Å². The third-order valence-electron chi connectivity index (χ3n) is 2.51. The van der Waals surface area contributed by atoms with Crippen LogP contribution in [0.25, 0.3) is 22.0 Å². The molecule has 14 heavy (non-hydrogen) atoms. The molecule has 0 bridgehead atoms. The summed E-state index contributed by atoms with van der Waals surface area (Å²) < 4.78 is 0. The van der Waals surface area contributed by atoms with E-state index in [4.69, 9.17) is 0 Å². The fraction of sp³-hybridized carbons (Fsp3) is 0. The molecule has 1 heterocycles. The Bertz CT molecular complexity index is 557. The highest BCUT2D eigenvalue weighted by Gasteiger charge is 2.04. The van der Waals surface area contributed by atoms with Gasteiger partial charge in [0.15, 0.2) is 0 Å². The highest BCUT2D eigenvalue weighted by molar-refractivity contribution is 5.95. The molecule has 1 aromatic rings. The Morgan fingerprint density at radius 1 is 0.786 bits per heavy atom. The summed E-state index contributed by atoms with van der Waals surface area (Å²) in [5.74, 6) is 0. The SMILES string of the molecule is c1ccc2c3ccnc-3cccc2c1. The van der Waals surface area contributed by atoms with Crippen molar-refractivity contribution in [3.63, 3.8) is 0 Å². The zero-order valence-corrected chi connectivity index (χ0v) is 7.64.